The monoisotopic (exact) mass is 194 g/mol. The summed E-state index contributed by atoms with van der Waals surface area (Å²) in [5.41, 5.74) is 6.88. The zero-order chi connectivity index (χ0) is 10.1. The number of nitrogens with zero attached hydrogens (tertiary/aromatic N) is 1. The second-order valence-corrected chi connectivity index (χ2v) is 4.01. The molecule has 0 saturated heterocycles. The van der Waals surface area contributed by atoms with E-state index in [1.165, 1.54) is 6.20 Å². The van der Waals surface area contributed by atoms with E-state index in [1.54, 1.807) is 12.3 Å². The molecule has 2 rings (SSSR count). The van der Waals surface area contributed by atoms with Crippen LogP contribution in [0.1, 0.15) is 31.2 Å². The molecule has 0 spiro atoms. The van der Waals surface area contributed by atoms with Crippen LogP contribution in [0.15, 0.2) is 18.5 Å². The predicted molar refractivity (Wildman–Crippen MR) is 53.3 cm³/mol. The molecule has 1 aliphatic rings. The Morgan fingerprint density at radius 1 is 1.57 bits per heavy atom. The maximum Gasteiger partial charge on any atom is 0.141 e. The van der Waals surface area contributed by atoms with Crippen LogP contribution in [0, 0.1) is 11.7 Å². The SMILES string of the molecule is CCC1C(N)CC1c1cncc(F)c1. The highest BCUT2D eigenvalue weighted by atomic mass is 19.1. The summed E-state index contributed by atoms with van der Waals surface area (Å²) in [6, 6.07) is 1.86. The molecule has 2 nitrogen and oxygen atoms in total. The maximum atomic E-state index is 12.9. The van der Waals surface area contributed by atoms with E-state index < -0.39 is 0 Å². The molecule has 1 fully saturated rings. The van der Waals surface area contributed by atoms with Gasteiger partial charge >= 0.3 is 0 Å². The molecule has 14 heavy (non-hydrogen) atoms. The molecule has 0 bridgehead atoms. The lowest BCUT2D eigenvalue weighted by Crippen LogP contribution is -2.45. The van der Waals surface area contributed by atoms with Crippen LogP contribution < -0.4 is 5.73 Å². The molecule has 3 heteroatoms. The van der Waals surface area contributed by atoms with Crippen molar-refractivity contribution < 1.29 is 4.39 Å². The fourth-order valence-corrected chi connectivity index (χ4v) is 2.35. The van der Waals surface area contributed by atoms with Crippen molar-refractivity contribution in [3.05, 3.63) is 29.8 Å². The van der Waals surface area contributed by atoms with Gasteiger partial charge in [0.05, 0.1) is 6.20 Å². The molecule has 3 unspecified atom stereocenters. The van der Waals surface area contributed by atoms with E-state index in [4.69, 9.17) is 5.73 Å². The van der Waals surface area contributed by atoms with E-state index in [0.29, 0.717) is 11.8 Å². The van der Waals surface area contributed by atoms with Crippen molar-refractivity contribution >= 4 is 0 Å². The lowest BCUT2D eigenvalue weighted by Gasteiger charge is -2.42. The molecule has 1 aliphatic carbocycles. The number of aromatic nitrogens is 1. The molecule has 76 valence electrons. The first-order valence-electron chi connectivity index (χ1n) is 5.08. The van der Waals surface area contributed by atoms with Crippen molar-refractivity contribution in [2.45, 2.75) is 31.7 Å². The Kier molecular flexibility index (Phi) is 2.50. The lowest BCUT2D eigenvalue weighted by atomic mass is 9.65. The van der Waals surface area contributed by atoms with Crippen molar-refractivity contribution in [1.29, 1.82) is 0 Å². The Bertz CT molecular complexity index is 327. The van der Waals surface area contributed by atoms with Gasteiger partial charge in [-0.2, -0.15) is 0 Å². The molecule has 0 aromatic carbocycles. The molecule has 1 aromatic rings. The number of hydrogen-bond acceptors (Lipinski definition) is 2. The molecule has 1 saturated carbocycles. The molecular weight excluding hydrogens is 179 g/mol. The van der Waals surface area contributed by atoms with E-state index in [1.807, 2.05) is 0 Å². The summed E-state index contributed by atoms with van der Waals surface area (Å²) in [5, 5.41) is 0. The average molecular weight is 194 g/mol. The molecule has 3 atom stereocenters. The quantitative estimate of drug-likeness (QED) is 0.782. The number of pyridine rings is 1. The molecular formula is C11H15FN2. The summed E-state index contributed by atoms with van der Waals surface area (Å²) < 4.78 is 12.9. The molecule has 0 amide bonds. The molecule has 1 heterocycles. The highest BCUT2D eigenvalue weighted by Gasteiger charge is 2.38. The van der Waals surface area contributed by atoms with Gasteiger partial charge in [0.25, 0.3) is 0 Å². The van der Waals surface area contributed by atoms with Crippen molar-refractivity contribution in [1.82, 2.24) is 4.98 Å². The Labute approximate surface area is 83.3 Å². The Morgan fingerprint density at radius 2 is 2.36 bits per heavy atom. The van der Waals surface area contributed by atoms with Crippen LogP contribution in [0.25, 0.3) is 0 Å². The second kappa shape index (κ2) is 3.65. The van der Waals surface area contributed by atoms with Crippen LogP contribution in [-0.2, 0) is 0 Å². The summed E-state index contributed by atoms with van der Waals surface area (Å²) in [5.74, 6) is 0.662. The van der Waals surface area contributed by atoms with Gasteiger partial charge < -0.3 is 5.73 Å². The van der Waals surface area contributed by atoms with Crippen molar-refractivity contribution in [2.75, 3.05) is 0 Å². The summed E-state index contributed by atoms with van der Waals surface area (Å²) in [6.45, 7) is 2.13. The Morgan fingerprint density at radius 3 is 2.93 bits per heavy atom. The van der Waals surface area contributed by atoms with E-state index in [-0.39, 0.29) is 11.9 Å². The highest BCUT2D eigenvalue weighted by molar-refractivity contribution is 5.21. The Hall–Kier alpha value is -0.960. The largest absolute Gasteiger partial charge is 0.327 e. The fourth-order valence-electron chi connectivity index (χ4n) is 2.35. The minimum absolute atomic E-state index is 0.252. The van der Waals surface area contributed by atoms with Crippen LogP contribution in [0.3, 0.4) is 0 Å². The average Bonchev–Trinajstić information content (AvgIpc) is 2.14. The smallest absolute Gasteiger partial charge is 0.141 e. The van der Waals surface area contributed by atoms with Gasteiger partial charge in [-0.15, -0.1) is 0 Å². The third kappa shape index (κ3) is 1.52. The minimum Gasteiger partial charge on any atom is -0.327 e. The summed E-state index contributed by atoms with van der Waals surface area (Å²) >= 11 is 0. The van der Waals surface area contributed by atoms with E-state index in [9.17, 15) is 4.39 Å². The summed E-state index contributed by atoms with van der Waals surface area (Å²) in [6.07, 6.45) is 5.01. The first-order valence-corrected chi connectivity index (χ1v) is 5.08. The lowest BCUT2D eigenvalue weighted by molar-refractivity contribution is 0.197. The van der Waals surface area contributed by atoms with Crippen molar-refractivity contribution in [3.8, 4) is 0 Å². The van der Waals surface area contributed by atoms with Gasteiger partial charge in [-0.3, -0.25) is 4.98 Å². The normalized spacial score (nSPS) is 31.2. The van der Waals surface area contributed by atoms with Crippen molar-refractivity contribution in [3.63, 3.8) is 0 Å². The highest BCUT2D eigenvalue weighted by Crippen LogP contribution is 2.43. The number of rotatable bonds is 2. The summed E-state index contributed by atoms with van der Waals surface area (Å²) in [7, 11) is 0. The maximum absolute atomic E-state index is 12.9. The zero-order valence-corrected chi connectivity index (χ0v) is 8.28. The van der Waals surface area contributed by atoms with Gasteiger partial charge in [0.2, 0.25) is 0 Å². The number of hydrogen-bond donors (Lipinski definition) is 1. The molecule has 0 aliphatic heterocycles. The van der Waals surface area contributed by atoms with Crippen LogP contribution in [0.2, 0.25) is 0 Å². The van der Waals surface area contributed by atoms with Gasteiger partial charge in [0, 0.05) is 12.2 Å². The third-order valence-corrected chi connectivity index (χ3v) is 3.22. The van der Waals surface area contributed by atoms with Crippen LogP contribution >= 0.6 is 0 Å². The summed E-state index contributed by atoms with van der Waals surface area (Å²) in [4.78, 5) is 3.87. The van der Waals surface area contributed by atoms with E-state index in [2.05, 4.69) is 11.9 Å². The van der Waals surface area contributed by atoms with E-state index in [0.717, 1.165) is 18.4 Å². The fraction of sp³-hybridized carbons (Fsp3) is 0.545. The van der Waals surface area contributed by atoms with Gasteiger partial charge in [-0.25, -0.2) is 4.39 Å². The second-order valence-electron chi connectivity index (χ2n) is 4.01. The van der Waals surface area contributed by atoms with Gasteiger partial charge in [0.15, 0.2) is 0 Å². The van der Waals surface area contributed by atoms with Crippen molar-refractivity contribution in [2.24, 2.45) is 11.7 Å². The van der Waals surface area contributed by atoms with Crippen LogP contribution in [-0.4, -0.2) is 11.0 Å². The first-order chi connectivity index (χ1) is 6.72. The van der Waals surface area contributed by atoms with Gasteiger partial charge in [0.1, 0.15) is 5.82 Å². The third-order valence-electron chi connectivity index (χ3n) is 3.22. The molecule has 0 radical (unpaired) electrons. The predicted octanol–water partition coefficient (Wildman–Crippen LogP) is 2.06. The van der Waals surface area contributed by atoms with E-state index >= 15 is 0 Å². The first kappa shape index (κ1) is 9.59. The van der Waals surface area contributed by atoms with Crippen LogP contribution in [0.4, 0.5) is 4.39 Å². The minimum atomic E-state index is -0.252. The molecule has 1 aromatic heterocycles. The van der Waals surface area contributed by atoms with Crippen LogP contribution in [0.5, 0.6) is 0 Å². The number of halogens is 1. The van der Waals surface area contributed by atoms with Gasteiger partial charge in [-0.1, -0.05) is 13.3 Å². The Balaban J connectivity index is 2.16. The standard InChI is InChI=1S/C11H15FN2/c1-2-9-10(4-11(9)13)7-3-8(12)6-14-5-7/h3,5-6,9-11H,2,4,13H2,1H3. The number of nitrogens with two attached hydrogens (primary N) is 1. The zero-order valence-electron chi connectivity index (χ0n) is 8.28. The van der Waals surface area contributed by atoms with Gasteiger partial charge in [-0.05, 0) is 29.9 Å². The topological polar surface area (TPSA) is 38.9 Å². The molecule has 2 N–H and O–H groups in total.